The Kier molecular flexibility index (Phi) is 5.03. The van der Waals surface area contributed by atoms with Crippen LogP contribution in [0.4, 0.5) is 5.69 Å². The Morgan fingerprint density at radius 1 is 1.04 bits per heavy atom. The van der Waals surface area contributed by atoms with Crippen LogP contribution < -0.4 is 15.2 Å². The van der Waals surface area contributed by atoms with Gasteiger partial charge in [0.05, 0.1) is 0 Å². The van der Waals surface area contributed by atoms with Crippen LogP contribution >= 0.6 is 0 Å². The summed E-state index contributed by atoms with van der Waals surface area (Å²) in [5, 5.41) is 0. The van der Waals surface area contributed by atoms with Crippen molar-refractivity contribution in [2.24, 2.45) is 0 Å². The number of nitrogens with zero attached hydrogens (tertiary/aromatic N) is 1. The van der Waals surface area contributed by atoms with E-state index in [2.05, 4.69) is 11.8 Å². The van der Waals surface area contributed by atoms with Crippen LogP contribution in [0.25, 0.3) is 0 Å². The Morgan fingerprint density at radius 2 is 1.78 bits per heavy atom. The second-order valence-electron chi connectivity index (χ2n) is 5.95. The molecule has 0 saturated carbocycles. The Labute approximate surface area is 137 Å². The standard InChI is InChI=1S/C19H24N2O2/c1-15-19(23-18-9-7-16(20)8-10-18)11-12-21(15)13-14-22-17-5-3-2-4-6-17/h2-10,15,19H,11-14,20H2,1H3. The van der Waals surface area contributed by atoms with Crippen molar-refractivity contribution in [2.75, 3.05) is 25.4 Å². The van der Waals surface area contributed by atoms with E-state index in [-0.39, 0.29) is 6.10 Å². The van der Waals surface area contributed by atoms with Crippen molar-refractivity contribution in [1.29, 1.82) is 0 Å². The van der Waals surface area contributed by atoms with E-state index >= 15 is 0 Å². The van der Waals surface area contributed by atoms with Gasteiger partial charge >= 0.3 is 0 Å². The molecule has 122 valence electrons. The number of anilines is 1. The van der Waals surface area contributed by atoms with Crippen molar-refractivity contribution in [3.05, 3.63) is 54.6 Å². The molecule has 0 radical (unpaired) electrons. The second-order valence-corrected chi connectivity index (χ2v) is 5.95. The highest BCUT2D eigenvalue weighted by Crippen LogP contribution is 2.24. The first kappa shape index (κ1) is 15.7. The fraction of sp³-hybridized carbons (Fsp3) is 0.368. The largest absolute Gasteiger partial charge is 0.492 e. The first-order chi connectivity index (χ1) is 11.2. The van der Waals surface area contributed by atoms with Gasteiger partial charge in [-0.25, -0.2) is 0 Å². The molecule has 1 heterocycles. The third-order valence-corrected chi connectivity index (χ3v) is 4.37. The molecule has 2 aromatic carbocycles. The molecule has 1 saturated heterocycles. The molecule has 1 aliphatic heterocycles. The van der Waals surface area contributed by atoms with Crippen LogP contribution in [-0.4, -0.2) is 36.7 Å². The monoisotopic (exact) mass is 312 g/mol. The predicted molar refractivity (Wildman–Crippen MR) is 92.9 cm³/mol. The van der Waals surface area contributed by atoms with Gasteiger partial charge in [-0.05, 0) is 49.7 Å². The summed E-state index contributed by atoms with van der Waals surface area (Å²) in [6.07, 6.45) is 1.26. The zero-order chi connectivity index (χ0) is 16.1. The molecular formula is C19H24N2O2. The summed E-state index contributed by atoms with van der Waals surface area (Å²) >= 11 is 0. The second kappa shape index (κ2) is 7.38. The van der Waals surface area contributed by atoms with Crippen molar-refractivity contribution >= 4 is 5.69 Å². The van der Waals surface area contributed by atoms with E-state index in [4.69, 9.17) is 15.2 Å². The molecule has 4 heteroatoms. The molecule has 0 amide bonds. The Balaban J connectivity index is 1.46. The van der Waals surface area contributed by atoms with Gasteiger partial charge in [0.15, 0.2) is 0 Å². The summed E-state index contributed by atoms with van der Waals surface area (Å²) in [4.78, 5) is 2.42. The van der Waals surface area contributed by atoms with Gasteiger partial charge in [-0.3, -0.25) is 4.90 Å². The Bertz CT molecular complexity index is 601. The average Bonchev–Trinajstić information content (AvgIpc) is 2.91. The molecule has 0 spiro atoms. The van der Waals surface area contributed by atoms with Gasteiger partial charge in [-0.15, -0.1) is 0 Å². The number of hydrogen-bond acceptors (Lipinski definition) is 4. The molecular weight excluding hydrogens is 288 g/mol. The lowest BCUT2D eigenvalue weighted by molar-refractivity contribution is 0.134. The van der Waals surface area contributed by atoms with E-state index in [1.807, 2.05) is 54.6 Å². The van der Waals surface area contributed by atoms with Gasteiger partial charge in [-0.2, -0.15) is 0 Å². The summed E-state index contributed by atoms with van der Waals surface area (Å²) in [5.74, 6) is 1.81. The minimum absolute atomic E-state index is 0.218. The molecule has 3 rings (SSSR count). The third kappa shape index (κ3) is 4.17. The molecule has 2 N–H and O–H groups in total. The van der Waals surface area contributed by atoms with Crippen molar-refractivity contribution in [1.82, 2.24) is 4.90 Å². The molecule has 0 bridgehead atoms. The summed E-state index contributed by atoms with van der Waals surface area (Å²) in [5.41, 5.74) is 6.47. The molecule has 1 aliphatic rings. The average molecular weight is 312 g/mol. The number of ether oxygens (including phenoxy) is 2. The minimum Gasteiger partial charge on any atom is -0.492 e. The lowest BCUT2D eigenvalue weighted by Crippen LogP contribution is -2.37. The zero-order valence-electron chi connectivity index (χ0n) is 13.5. The lowest BCUT2D eigenvalue weighted by atomic mass is 10.2. The van der Waals surface area contributed by atoms with Gasteiger partial charge in [-0.1, -0.05) is 18.2 Å². The van der Waals surface area contributed by atoms with Crippen LogP contribution in [0.5, 0.6) is 11.5 Å². The molecule has 4 nitrogen and oxygen atoms in total. The van der Waals surface area contributed by atoms with Crippen LogP contribution in [0.15, 0.2) is 54.6 Å². The quantitative estimate of drug-likeness (QED) is 0.832. The van der Waals surface area contributed by atoms with Crippen LogP contribution in [0.3, 0.4) is 0 Å². The van der Waals surface area contributed by atoms with Crippen molar-refractivity contribution in [2.45, 2.75) is 25.5 Å². The first-order valence-corrected chi connectivity index (χ1v) is 8.16. The SMILES string of the molecule is CC1C(Oc2ccc(N)cc2)CCN1CCOc1ccccc1. The maximum absolute atomic E-state index is 6.10. The van der Waals surface area contributed by atoms with E-state index in [1.54, 1.807) is 0 Å². The highest BCUT2D eigenvalue weighted by molar-refractivity contribution is 5.41. The van der Waals surface area contributed by atoms with Gasteiger partial charge in [0, 0.05) is 24.8 Å². The number of rotatable bonds is 6. The van der Waals surface area contributed by atoms with E-state index < -0.39 is 0 Å². The predicted octanol–water partition coefficient (Wildman–Crippen LogP) is 3.19. The summed E-state index contributed by atoms with van der Waals surface area (Å²) in [6.45, 7) is 4.87. The van der Waals surface area contributed by atoms with Crippen LogP contribution in [0.2, 0.25) is 0 Å². The van der Waals surface area contributed by atoms with E-state index in [0.717, 1.165) is 36.7 Å². The maximum Gasteiger partial charge on any atom is 0.119 e. The molecule has 0 aromatic heterocycles. The van der Waals surface area contributed by atoms with Gasteiger partial charge in [0.25, 0.3) is 0 Å². The van der Waals surface area contributed by atoms with Crippen LogP contribution in [0, 0.1) is 0 Å². The maximum atomic E-state index is 6.10. The van der Waals surface area contributed by atoms with Gasteiger partial charge in [0.1, 0.15) is 24.2 Å². The van der Waals surface area contributed by atoms with Crippen molar-refractivity contribution in [3.63, 3.8) is 0 Å². The number of likely N-dealkylation sites (tertiary alicyclic amines) is 1. The molecule has 0 aliphatic carbocycles. The Morgan fingerprint density at radius 3 is 2.52 bits per heavy atom. The van der Waals surface area contributed by atoms with Crippen molar-refractivity contribution < 1.29 is 9.47 Å². The minimum atomic E-state index is 0.218. The highest BCUT2D eigenvalue weighted by Gasteiger charge is 2.31. The molecule has 2 unspecified atom stereocenters. The fourth-order valence-electron chi connectivity index (χ4n) is 2.96. The summed E-state index contributed by atoms with van der Waals surface area (Å²) in [7, 11) is 0. The number of hydrogen-bond donors (Lipinski definition) is 1. The van der Waals surface area contributed by atoms with E-state index in [1.165, 1.54) is 0 Å². The highest BCUT2D eigenvalue weighted by atomic mass is 16.5. The number of nitrogens with two attached hydrogens (primary N) is 1. The zero-order valence-corrected chi connectivity index (χ0v) is 13.5. The smallest absolute Gasteiger partial charge is 0.119 e. The topological polar surface area (TPSA) is 47.7 Å². The first-order valence-electron chi connectivity index (χ1n) is 8.16. The number of nitrogen functional groups attached to an aromatic ring is 1. The summed E-state index contributed by atoms with van der Waals surface area (Å²) < 4.78 is 11.9. The normalized spacial score (nSPS) is 21.3. The van der Waals surface area contributed by atoms with Crippen molar-refractivity contribution in [3.8, 4) is 11.5 Å². The van der Waals surface area contributed by atoms with Gasteiger partial charge in [0.2, 0.25) is 0 Å². The van der Waals surface area contributed by atoms with Crippen LogP contribution in [-0.2, 0) is 0 Å². The molecule has 23 heavy (non-hydrogen) atoms. The van der Waals surface area contributed by atoms with E-state index in [0.29, 0.717) is 12.6 Å². The number of benzene rings is 2. The van der Waals surface area contributed by atoms with Crippen LogP contribution in [0.1, 0.15) is 13.3 Å². The number of para-hydroxylation sites is 1. The molecule has 1 fully saturated rings. The lowest BCUT2D eigenvalue weighted by Gasteiger charge is -2.25. The fourth-order valence-corrected chi connectivity index (χ4v) is 2.96. The van der Waals surface area contributed by atoms with E-state index in [9.17, 15) is 0 Å². The third-order valence-electron chi connectivity index (χ3n) is 4.37. The van der Waals surface area contributed by atoms with Gasteiger partial charge < -0.3 is 15.2 Å². The summed E-state index contributed by atoms with van der Waals surface area (Å²) in [6, 6.07) is 17.9. The molecule has 2 aromatic rings. The Hall–Kier alpha value is -2.20. The molecule has 2 atom stereocenters.